The molecule has 0 unspecified atom stereocenters. The molecule has 5 heteroatoms. The summed E-state index contributed by atoms with van der Waals surface area (Å²) in [7, 11) is 1.56. The zero-order valence-corrected chi connectivity index (χ0v) is 11.1. The van der Waals surface area contributed by atoms with Crippen molar-refractivity contribution in [2.75, 3.05) is 13.7 Å². The third-order valence-corrected chi connectivity index (χ3v) is 2.58. The molecule has 19 heavy (non-hydrogen) atoms. The van der Waals surface area contributed by atoms with Crippen molar-refractivity contribution in [2.24, 2.45) is 5.73 Å². The maximum Gasteiger partial charge on any atom is 0.226 e. The number of rotatable bonds is 5. The summed E-state index contributed by atoms with van der Waals surface area (Å²) in [6.07, 6.45) is 0.862. The fourth-order valence-electron chi connectivity index (χ4n) is 1.68. The molecule has 0 bridgehead atoms. The van der Waals surface area contributed by atoms with Crippen LogP contribution in [-0.2, 0) is 6.42 Å². The molecule has 100 valence electrons. The van der Waals surface area contributed by atoms with Gasteiger partial charge in [0.2, 0.25) is 11.8 Å². The van der Waals surface area contributed by atoms with Crippen molar-refractivity contribution in [2.45, 2.75) is 13.3 Å². The Morgan fingerprint density at radius 2 is 1.79 bits per heavy atom. The van der Waals surface area contributed by atoms with E-state index in [0.717, 1.165) is 12.2 Å². The van der Waals surface area contributed by atoms with Crippen molar-refractivity contribution in [3.63, 3.8) is 0 Å². The van der Waals surface area contributed by atoms with Crippen LogP contribution in [0.25, 0.3) is 0 Å². The summed E-state index contributed by atoms with van der Waals surface area (Å²) < 4.78 is 10.8. The quantitative estimate of drug-likeness (QED) is 0.890. The fraction of sp³-hybridized carbons (Fsp3) is 0.286. The van der Waals surface area contributed by atoms with Crippen molar-refractivity contribution >= 4 is 0 Å². The Bertz CT molecular complexity index is 541. The molecule has 0 aliphatic carbocycles. The number of nitrogens with zero attached hydrogens (tertiary/aromatic N) is 2. The molecule has 0 atom stereocenters. The highest BCUT2D eigenvalue weighted by atomic mass is 16.5. The highest BCUT2D eigenvalue weighted by Gasteiger charge is 2.04. The van der Waals surface area contributed by atoms with Gasteiger partial charge in [0.1, 0.15) is 11.6 Å². The normalized spacial score (nSPS) is 10.3. The van der Waals surface area contributed by atoms with E-state index in [1.54, 1.807) is 20.1 Å². The minimum Gasteiger partial charge on any atom is -0.481 e. The first-order chi connectivity index (χ1) is 9.21. The van der Waals surface area contributed by atoms with E-state index in [1.165, 1.54) is 5.56 Å². The van der Waals surface area contributed by atoms with Gasteiger partial charge in [-0.05, 0) is 37.6 Å². The first-order valence-electron chi connectivity index (χ1n) is 6.08. The minimum absolute atomic E-state index is 0.468. The summed E-state index contributed by atoms with van der Waals surface area (Å²) in [6, 6.07) is 9.44. The third-order valence-electron chi connectivity index (χ3n) is 2.58. The molecule has 2 aromatic rings. The van der Waals surface area contributed by atoms with Gasteiger partial charge >= 0.3 is 0 Å². The fourth-order valence-corrected chi connectivity index (χ4v) is 1.68. The van der Waals surface area contributed by atoms with Crippen LogP contribution in [0.15, 0.2) is 30.3 Å². The Morgan fingerprint density at radius 3 is 2.42 bits per heavy atom. The van der Waals surface area contributed by atoms with Crippen molar-refractivity contribution < 1.29 is 9.47 Å². The number of aryl methyl sites for hydroxylation is 1. The molecule has 0 radical (unpaired) electrons. The molecule has 0 aliphatic rings. The molecule has 0 amide bonds. The van der Waals surface area contributed by atoms with Crippen LogP contribution in [0, 0.1) is 6.92 Å². The summed E-state index contributed by atoms with van der Waals surface area (Å²) in [4.78, 5) is 8.31. The van der Waals surface area contributed by atoms with Crippen molar-refractivity contribution in [3.05, 3.63) is 41.7 Å². The van der Waals surface area contributed by atoms with Crippen LogP contribution >= 0.6 is 0 Å². The molecule has 1 aromatic heterocycles. The number of nitrogens with two attached hydrogens (primary N) is 1. The van der Waals surface area contributed by atoms with Crippen LogP contribution in [0.4, 0.5) is 0 Å². The van der Waals surface area contributed by atoms with E-state index < -0.39 is 0 Å². The van der Waals surface area contributed by atoms with Gasteiger partial charge in [0, 0.05) is 0 Å². The average Bonchev–Trinajstić information content (AvgIpc) is 2.40. The number of hydrogen-bond acceptors (Lipinski definition) is 5. The highest BCUT2D eigenvalue weighted by Crippen LogP contribution is 2.22. The molecule has 0 aliphatic heterocycles. The molecule has 2 N–H and O–H groups in total. The van der Waals surface area contributed by atoms with Crippen LogP contribution in [0.3, 0.4) is 0 Å². The molecule has 0 saturated carbocycles. The topological polar surface area (TPSA) is 70.3 Å². The number of ether oxygens (including phenoxy) is 2. The Hall–Kier alpha value is -2.14. The summed E-state index contributed by atoms with van der Waals surface area (Å²) in [5.41, 5.74) is 6.70. The number of aromatic nitrogens is 2. The lowest BCUT2D eigenvalue weighted by atomic mass is 10.1. The van der Waals surface area contributed by atoms with Gasteiger partial charge in [-0.15, -0.1) is 0 Å². The molecule has 1 aromatic carbocycles. The van der Waals surface area contributed by atoms with Crippen molar-refractivity contribution in [1.29, 1.82) is 0 Å². The van der Waals surface area contributed by atoms with Crippen LogP contribution < -0.4 is 15.2 Å². The lowest BCUT2D eigenvalue weighted by molar-refractivity contribution is 0.386. The Labute approximate surface area is 112 Å². The molecule has 2 rings (SSSR count). The largest absolute Gasteiger partial charge is 0.481 e. The van der Waals surface area contributed by atoms with Gasteiger partial charge in [0.05, 0.1) is 13.2 Å². The molecule has 5 nitrogen and oxygen atoms in total. The van der Waals surface area contributed by atoms with Gasteiger partial charge in [-0.2, -0.15) is 9.97 Å². The smallest absolute Gasteiger partial charge is 0.226 e. The van der Waals surface area contributed by atoms with Crippen LogP contribution in [-0.4, -0.2) is 23.6 Å². The van der Waals surface area contributed by atoms with Gasteiger partial charge < -0.3 is 15.2 Å². The monoisotopic (exact) mass is 259 g/mol. The summed E-state index contributed by atoms with van der Waals surface area (Å²) >= 11 is 0. The average molecular weight is 259 g/mol. The molecular formula is C14H17N3O2. The first kappa shape index (κ1) is 13.3. The maximum atomic E-state index is 5.67. The second kappa shape index (κ2) is 6.15. The van der Waals surface area contributed by atoms with Gasteiger partial charge in [-0.1, -0.05) is 12.1 Å². The summed E-state index contributed by atoms with van der Waals surface area (Å²) in [5, 5.41) is 0. The Kier molecular flexibility index (Phi) is 4.30. The zero-order valence-electron chi connectivity index (χ0n) is 11.1. The van der Waals surface area contributed by atoms with Crippen LogP contribution in [0.2, 0.25) is 0 Å². The highest BCUT2D eigenvalue weighted by molar-refractivity contribution is 5.32. The van der Waals surface area contributed by atoms with E-state index in [-0.39, 0.29) is 0 Å². The molecular weight excluding hydrogens is 242 g/mol. The summed E-state index contributed by atoms with van der Waals surface area (Å²) in [6.45, 7) is 2.43. The molecule has 1 heterocycles. The van der Waals surface area contributed by atoms with Crippen molar-refractivity contribution in [3.8, 4) is 17.5 Å². The standard InChI is InChI=1S/C14H17N3O2/c1-10-16-13(18-2)9-14(17-10)19-12-5-3-11(4-6-12)7-8-15/h3-6,9H,7-8,15H2,1-2H3. The predicted molar refractivity (Wildman–Crippen MR) is 72.6 cm³/mol. The second-order valence-corrected chi connectivity index (χ2v) is 4.08. The SMILES string of the molecule is COc1cc(Oc2ccc(CCN)cc2)nc(C)n1. The van der Waals surface area contributed by atoms with E-state index in [0.29, 0.717) is 24.1 Å². The first-order valence-corrected chi connectivity index (χ1v) is 6.08. The van der Waals surface area contributed by atoms with Gasteiger partial charge in [0.15, 0.2) is 0 Å². The van der Waals surface area contributed by atoms with E-state index >= 15 is 0 Å². The second-order valence-electron chi connectivity index (χ2n) is 4.08. The number of hydrogen-bond donors (Lipinski definition) is 1. The zero-order chi connectivity index (χ0) is 13.7. The maximum absolute atomic E-state index is 5.67. The summed E-state index contributed by atoms with van der Waals surface area (Å²) in [5.74, 6) is 2.29. The van der Waals surface area contributed by atoms with Gasteiger partial charge in [-0.25, -0.2) is 0 Å². The van der Waals surface area contributed by atoms with E-state index in [4.69, 9.17) is 15.2 Å². The minimum atomic E-state index is 0.468. The van der Waals surface area contributed by atoms with Crippen molar-refractivity contribution in [1.82, 2.24) is 9.97 Å². The molecule has 0 fully saturated rings. The predicted octanol–water partition coefficient (Wildman–Crippen LogP) is 2.09. The van der Waals surface area contributed by atoms with E-state index in [2.05, 4.69) is 9.97 Å². The number of methoxy groups -OCH3 is 1. The van der Waals surface area contributed by atoms with E-state index in [1.807, 2.05) is 24.3 Å². The molecule has 0 spiro atoms. The van der Waals surface area contributed by atoms with Gasteiger partial charge in [0.25, 0.3) is 0 Å². The lowest BCUT2D eigenvalue weighted by Crippen LogP contribution is -2.02. The number of benzene rings is 1. The Morgan fingerprint density at radius 1 is 1.11 bits per heavy atom. The third kappa shape index (κ3) is 3.66. The van der Waals surface area contributed by atoms with Crippen LogP contribution in [0.1, 0.15) is 11.4 Å². The lowest BCUT2D eigenvalue weighted by Gasteiger charge is -2.07. The molecule has 0 saturated heterocycles. The van der Waals surface area contributed by atoms with E-state index in [9.17, 15) is 0 Å². The van der Waals surface area contributed by atoms with Gasteiger partial charge in [-0.3, -0.25) is 0 Å². The Balaban J connectivity index is 2.14. The van der Waals surface area contributed by atoms with Crippen LogP contribution in [0.5, 0.6) is 17.5 Å².